The molecule has 4 atom stereocenters. The van der Waals surface area contributed by atoms with Crippen LogP contribution in [0.3, 0.4) is 0 Å². The molecule has 0 aromatic heterocycles. The van der Waals surface area contributed by atoms with Crippen LogP contribution in [0.2, 0.25) is 0 Å². The number of hydrogen-bond acceptors (Lipinski definition) is 0. The zero-order chi connectivity index (χ0) is 23.1. The number of rotatable bonds is 6. The molecule has 0 aromatic rings. The molecule has 0 rings (SSSR count). The Labute approximate surface area is 220 Å². The predicted molar refractivity (Wildman–Crippen MR) is 150 cm³/mol. The second-order valence-electron chi connectivity index (χ2n) is 12.4. The van der Waals surface area contributed by atoms with Crippen molar-refractivity contribution in [1.82, 2.24) is 0 Å². The maximum absolute atomic E-state index is 2.46. The van der Waals surface area contributed by atoms with Crippen LogP contribution in [-0.2, 0) is 22.4 Å². The third-order valence-electron chi connectivity index (χ3n) is 6.12. The molecule has 6 heteroatoms. The van der Waals surface area contributed by atoms with Crippen molar-refractivity contribution in [3.05, 3.63) is 0 Å². The van der Waals surface area contributed by atoms with Crippen LogP contribution < -0.4 is 12.4 Å². The van der Waals surface area contributed by atoms with Crippen molar-refractivity contribution in [1.29, 1.82) is 0 Å². The van der Waals surface area contributed by atoms with E-state index < -0.39 is 0 Å². The normalized spacial score (nSPS) is 16.8. The first-order valence-electron chi connectivity index (χ1n) is 10.9. The minimum atomic E-state index is 0. The molecule has 0 amide bonds. The van der Waals surface area contributed by atoms with Gasteiger partial charge in [0.1, 0.15) is 0 Å². The third kappa shape index (κ3) is 20.2. The van der Waals surface area contributed by atoms with Gasteiger partial charge in [0.05, 0.1) is 0 Å². The molecular weight excluding hydrogens is 645 g/mol. The molecule has 0 aliphatic heterocycles. The van der Waals surface area contributed by atoms with Crippen molar-refractivity contribution in [2.24, 2.45) is 0 Å². The molecule has 0 fully saturated rings. The Morgan fingerprint density at radius 2 is 0.467 bits per heavy atom. The van der Waals surface area contributed by atoms with Crippen molar-refractivity contribution in [2.45, 2.75) is 104 Å². The third-order valence-corrected chi connectivity index (χ3v) is 19.6. The number of halogens is 1. The van der Waals surface area contributed by atoms with E-state index in [0.717, 1.165) is 0 Å². The fraction of sp³-hybridized carbons (Fsp3) is 1.00. The summed E-state index contributed by atoms with van der Waals surface area (Å²) in [6.45, 7) is 38.4. The van der Waals surface area contributed by atoms with Crippen LogP contribution in [0.5, 0.6) is 0 Å². The van der Waals surface area contributed by atoms with E-state index >= 15 is 0 Å². The predicted octanol–water partition coefficient (Wildman–Crippen LogP) is 6.62. The van der Waals surface area contributed by atoms with Gasteiger partial charge in [-0.25, -0.2) is 0 Å². The average Bonchev–Trinajstić information content (AvgIpc) is 2.45. The maximum atomic E-state index is 2.46. The molecule has 30 heavy (non-hydrogen) atoms. The molecule has 0 heterocycles. The topological polar surface area (TPSA) is 0 Å². The summed E-state index contributed by atoms with van der Waals surface area (Å²) in [4.78, 5) is 0. The Bertz CT molecular complexity index is 337. The SMILES string of the molecule is CP(CCP(C)C(C)(C)C)C(C)(C)C.CP(CCP(C)C(C)(C)C)C(C)(C)C.[Au+].[Cl-]. The Morgan fingerprint density at radius 3 is 0.533 bits per heavy atom. The van der Waals surface area contributed by atoms with Gasteiger partial charge in [-0.15, -0.1) is 31.7 Å². The molecule has 0 aromatic carbocycles. The van der Waals surface area contributed by atoms with Crippen LogP contribution in [-0.4, -0.2) is 71.9 Å². The van der Waals surface area contributed by atoms with Crippen LogP contribution in [0.1, 0.15) is 83.1 Å². The molecule has 0 aliphatic carbocycles. The molecule has 0 bridgehead atoms. The molecule has 0 saturated carbocycles. The summed E-state index contributed by atoms with van der Waals surface area (Å²) in [7, 11) is 0.860. The first-order chi connectivity index (χ1) is 12.1. The molecule has 0 nitrogen and oxygen atoms in total. The summed E-state index contributed by atoms with van der Waals surface area (Å²) < 4.78 is 0. The molecular formula is C24H56AuClP4. The van der Waals surface area contributed by atoms with E-state index in [1.54, 1.807) is 0 Å². The summed E-state index contributed by atoms with van der Waals surface area (Å²) in [5, 5.41) is 2.18. The smallest absolute Gasteiger partial charge is 1.00 e. The molecule has 0 spiro atoms. The second kappa shape index (κ2) is 16.4. The van der Waals surface area contributed by atoms with Crippen LogP contribution >= 0.6 is 31.7 Å². The molecule has 190 valence electrons. The van der Waals surface area contributed by atoms with Crippen LogP contribution in [0.4, 0.5) is 0 Å². The molecule has 0 N–H and O–H groups in total. The van der Waals surface area contributed by atoms with Crippen LogP contribution in [0, 0.1) is 0 Å². The fourth-order valence-corrected chi connectivity index (χ4v) is 9.42. The van der Waals surface area contributed by atoms with Crippen molar-refractivity contribution >= 4 is 31.7 Å². The Hall–Kier alpha value is 2.75. The molecule has 0 saturated heterocycles. The van der Waals surface area contributed by atoms with Gasteiger partial charge in [0.25, 0.3) is 0 Å². The van der Waals surface area contributed by atoms with E-state index in [2.05, 4.69) is 110 Å². The summed E-state index contributed by atoms with van der Waals surface area (Å²) in [6, 6.07) is 0. The van der Waals surface area contributed by atoms with E-state index in [0.29, 0.717) is 20.6 Å². The Kier molecular flexibility index (Phi) is 21.9. The fourth-order valence-electron chi connectivity index (χ4n) is 1.94. The maximum Gasteiger partial charge on any atom is 1.00 e. The quantitative estimate of drug-likeness (QED) is 0.216. The van der Waals surface area contributed by atoms with Gasteiger partial charge in [0, 0.05) is 0 Å². The minimum absolute atomic E-state index is 0. The van der Waals surface area contributed by atoms with Gasteiger partial charge in [-0.3, -0.25) is 0 Å². The minimum Gasteiger partial charge on any atom is -1.00 e. The molecule has 4 unspecified atom stereocenters. The molecule has 0 aliphatic rings. The average molecular weight is 701 g/mol. The van der Waals surface area contributed by atoms with E-state index in [1.807, 2.05) is 0 Å². The first-order valence-corrected chi connectivity index (χ1v) is 18.8. The largest absolute Gasteiger partial charge is 1.00 e. The Morgan fingerprint density at radius 1 is 0.367 bits per heavy atom. The van der Waals surface area contributed by atoms with Gasteiger partial charge in [0.2, 0.25) is 0 Å². The van der Waals surface area contributed by atoms with Crippen molar-refractivity contribution in [3.63, 3.8) is 0 Å². The van der Waals surface area contributed by atoms with Gasteiger partial charge in [0.15, 0.2) is 0 Å². The van der Waals surface area contributed by atoms with E-state index in [9.17, 15) is 0 Å². The summed E-state index contributed by atoms with van der Waals surface area (Å²) in [5.41, 5.74) is 0. The summed E-state index contributed by atoms with van der Waals surface area (Å²) in [5.74, 6) is 0. The van der Waals surface area contributed by atoms with Crippen LogP contribution in [0.25, 0.3) is 0 Å². The van der Waals surface area contributed by atoms with Crippen molar-refractivity contribution in [2.75, 3.05) is 51.3 Å². The number of hydrogen-bond donors (Lipinski definition) is 0. The van der Waals surface area contributed by atoms with E-state index in [4.69, 9.17) is 0 Å². The summed E-state index contributed by atoms with van der Waals surface area (Å²) >= 11 is 0. The summed E-state index contributed by atoms with van der Waals surface area (Å²) in [6.07, 6.45) is 5.83. The van der Waals surface area contributed by atoms with Gasteiger partial charge < -0.3 is 12.4 Å². The van der Waals surface area contributed by atoms with Gasteiger partial charge >= 0.3 is 22.4 Å². The standard InChI is InChI=1S/2C12H28P2.Au.ClH/c2*1-11(2,3)13(7)9-10-14(8)12(4,5)6;;/h2*9-10H2,1-8H3;;1H/q;;+1;/p-1. The van der Waals surface area contributed by atoms with Gasteiger partial charge in [-0.05, 0) is 71.9 Å². The van der Waals surface area contributed by atoms with Crippen molar-refractivity contribution in [3.8, 4) is 0 Å². The zero-order valence-electron chi connectivity index (χ0n) is 23.3. The van der Waals surface area contributed by atoms with Crippen molar-refractivity contribution < 1.29 is 34.8 Å². The second-order valence-corrected chi connectivity index (χ2v) is 25.1. The monoisotopic (exact) mass is 700 g/mol. The Balaban J connectivity index is -0.000000211. The van der Waals surface area contributed by atoms with Gasteiger partial charge in [-0.1, -0.05) is 83.1 Å². The zero-order valence-corrected chi connectivity index (χ0v) is 29.8. The molecule has 0 radical (unpaired) electrons. The van der Waals surface area contributed by atoms with Crippen LogP contribution in [0.15, 0.2) is 0 Å². The van der Waals surface area contributed by atoms with E-state index in [1.165, 1.54) is 24.6 Å². The van der Waals surface area contributed by atoms with Gasteiger partial charge in [-0.2, -0.15) is 0 Å². The first kappa shape index (κ1) is 39.9. The van der Waals surface area contributed by atoms with E-state index in [-0.39, 0.29) is 66.5 Å².